The molecule has 1 saturated heterocycles. The van der Waals surface area contributed by atoms with E-state index in [0.717, 1.165) is 36.9 Å². The molecule has 1 aromatic rings. The molecule has 1 aromatic carbocycles. The number of ether oxygens (including phenoxy) is 2. The van der Waals surface area contributed by atoms with Crippen molar-refractivity contribution in [1.82, 2.24) is 0 Å². The number of benzene rings is 1. The van der Waals surface area contributed by atoms with Crippen LogP contribution in [0.25, 0.3) is 0 Å². The first-order valence-corrected chi connectivity index (χ1v) is 11.3. The Labute approximate surface area is 173 Å². The topological polar surface area (TPSA) is 30.8 Å². The third-order valence-electron chi connectivity index (χ3n) is 6.18. The Hall–Kier alpha value is -0.710. The van der Waals surface area contributed by atoms with E-state index in [1.165, 1.54) is 43.4 Å². The van der Waals surface area contributed by atoms with E-state index >= 15 is 0 Å². The van der Waals surface area contributed by atoms with Crippen molar-refractivity contribution >= 4 is 21.6 Å². The molecule has 0 unspecified atom stereocenters. The second-order valence-corrected chi connectivity index (χ2v) is 9.62. The maximum Gasteiger partial charge on any atom is 0.162 e. The summed E-state index contributed by atoms with van der Waals surface area (Å²) < 4.78 is 13.1. The molecule has 0 amide bonds. The van der Waals surface area contributed by atoms with Crippen LogP contribution in [0.15, 0.2) is 33.7 Å². The maximum absolute atomic E-state index is 6.01. The molecule has 0 N–H and O–H groups in total. The lowest BCUT2D eigenvalue weighted by Crippen LogP contribution is -2.46. The van der Waals surface area contributed by atoms with E-state index in [9.17, 15) is 0 Å². The average molecular weight is 436 g/mol. The van der Waals surface area contributed by atoms with Gasteiger partial charge in [0.2, 0.25) is 0 Å². The van der Waals surface area contributed by atoms with Crippen LogP contribution in [0.2, 0.25) is 0 Å². The van der Waals surface area contributed by atoms with Crippen LogP contribution < -0.4 is 0 Å². The van der Waals surface area contributed by atoms with Crippen molar-refractivity contribution in [3.63, 3.8) is 0 Å². The minimum absolute atomic E-state index is 0.0955. The van der Waals surface area contributed by atoms with Gasteiger partial charge in [-0.25, -0.2) is 0 Å². The Morgan fingerprint density at radius 2 is 1.70 bits per heavy atom. The van der Waals surface area contributed by atoms with Gasteiger partial charge in [0.15, 0.2) is 5.79 Å². The fourth-order valence-corrected chi connectivity index (χ4v) is 4.27. The lowest BCUT2D eigenvalue weighted by Gasteiger charge is -2.43. The van der Waals surface area contributed by atoms with Gasteiger partial charge in [0.25, 0.3) is 0 Å². The second kappa shape index (κ2) is 9.19. The molecule has 0 radical (unpaired) electrons. The van der Waals surface area contributed by atoms with Crippen LogP contribution in [0.3, 0.4) is 0 Å². The smallest absolute Gasteiger partial charge is 0.162 e. The molecule has 4 heteroatoms. The monoisotopic (exact) mass is 435 g/mol. The Kier molecular flexibility index (Phi) is 7.15. The van der Waals surface area contributed by atoms with Crippen LogP contribution in [-0.4, -0.2) is 30.8 Å². The van der Waals surface area contributed by atoms with Crippen LogP contribution in [0.1, 0.15) is 77.7 Å². The van der Waals surface area contributed by atoms with E-state index in [1.54, 1.807) is 0 Å². The number of rotatable bonds is 6. The van der Waals surface area contributed by atoms with Gasteiger partial charge < -0.3 is 9.47 Å². The Morgan fingerprint density at radius 1 is 1.07 bits per heavy atom. The minimum atomic E-state index is -0.455. The van der Waals surface area contributed by atoms with E-state index in [1.807, 2.05) is 13.8 Å². The van der Waals surface area contributed by atoms with E-state index in [-0.39, 0.29) is 5.41 Å². The van der Waals surface area contributed by atoms with Gasteiger partial charge in [-0.15, -0.1) is 0 Å². The number of halogens is 1. The summed E-state index contributed by atoms with van der Waals surface area (Å²) in [7, 11) is 0. The molecule has 1 aliphatic carbocycles. The number of hydrogen-bond acceptors (Lipinski definition) is 3. The van der Waals surface area contributed by atoms with Gasteiger partial charge in [-0.2, -0.15) is 0 Å². The van der Waals surface area contributed by atoms with Crippen molar-refractivity contribution in [1.29, 1.82) is 0 Å². The van der Waals surface area contributed by atoms with Crippen LogP contribution in [0, 0.1) is 5.41 Å². The second-order valence-electron chi connectivity index (χ2n) is 8.71. The van der Waals surface area contributed by atoms with Crippen molar-refractivity contribution in [2.24, 2.45) is 10.4 Å². The maximum atomic E-state index is 6.01. The van der Waals surface area contributed by atoms with E-state index < -0.39 is 5.79 Å². The van der Waals surface area contributed by atoms with Crippen LogP contribution >= 0.6 is 15.9 Å². The molecule has 3 rings (SSSR count). The normalized spacial score (nSPS) is 23.3. The van der Waals surface area contributed by atoms with Gasteiger partial charge >= 0.3 is 0 Å². The molecule has 1 aliphatic heterocycles. The molecule has 2 fully saturated rings. The summed E-state index contributed by atoms with van der Waals surface area (Å²) in [5.74, 6) is -0.455. The quantitative estimate of drug-likeness (QED) is 0.475. The molecule has 0 atom stereocenters. The van der Waals surface area contributed by atoms with E-state index in [4.69, 9.17) is 14.5 Å². The molecule has 1 saturated carbocycles. The summed E-state index contributed by atoms with van der Waals surface area (Å²) in [6, 6.07) is 9.13. The standard InChI is InChI=1S/C23H34BrNO2/c1-4-23(16-26-22(2,3)27-17-23)15-14-21(18-10-12-19(24)13-11-18)25-20-8-6-5-7-9-20/h10-13,20H,4-9,14-17H2,1-3H3. The van der Waals surface area contributed by atoms with E-state index in [2.05, 4.69) is 47.1 Å². The van der Waals surface area contributed by atoms with Crippen molar-refractivity contribution in [3.8, 4) is 0 Å². The zero-order chi connectivity index (χ0) is 19.3. The van der Waals surface area contributed by atoms with Gasteiger partial charge in [-0.1, -0.05) is 54.2 Å². The summed E-state index contributed by atoms with van der Waals surface area (Å²) >= 11 is 3.55. The average Bonchev–Trinajstić information content (AvgIpc) is 2.68. The van der Waals surface area contributed by atoms with Crippen LogP contribution in [0.4, 0.5) is 0 Å². The van der Waals surface area contributed by atoms with Gasteiger partial charge in [-0.3, -0.25) is 4.99 Å². The molecule has 3 nitrogen and oxygen atoms in total. The van der Waals surface area contributed by atoms with Gasteiger partial charge in [0.1, 0.15) is 0 Å². The van der Waals surface area contributed by atoms with Crippen molar-refractivity contribution in [2.45, 2.75) is 84.0 Å². The lowest BCUT2D eigenvalue weighted by atomic mass is 9.80. The Balaban J connectivity index is 1.74. The summed E-state index contributed by atoms with van der Waals surface area (Å²) in [5, 5.41) is 0. The van der Waals surface area contributed by atoms with Gasteiger partial charge in [-0.05, 0) is 63.6 Å². The zero-order valence-electron chi connectivity index (χ0n) is 17.1. The first-order valence-electron chi connectivity index (χ1n) is 10.5. The highest BCUT2D eigenvalue weighted by Gasteiger charge is 2.38. The highest BCUT2D eigenvalue weighted by atomic mass is 79.9. The Bertz CT molecular complexity index is 622. The van der Waals surface area contributed by atoms with Crippen LogP contribution in [-0.2, 0) is 9.47 Å². The molecule has 150 valence electrons. The fourth-order valence-electron chi connectivity index (χ4n) is 4.00. The third kappa shape index (κ3) is 5.88. The zero-order valence-corrected chi connectivity index (χ0v) is 18.7. The predicted octanol–water partition coefficient (Wildman–Crippen LogP) is 6.53. The first kappa shape index (κ1) is 21.0. The van der Waals surface area contributed by atoms with Crippen LogP contribution in [0.5, 0.6) is 0 Å². The van der Waals surface area contributed by atoms with Gasteiger partial charge in [0.05, 0.1) is 19.3 Å². The van der Waals surface area contributed by atoms with Crippen molar-refractivity contribution < 1.29 is 9.47 Å². The third-order valence-corrected chi connectivity index (χ3v) is 6.71. The molecular weight excluding hydrogens is 402 g/mol. The summed E-state index contributed by atoms with van der Waals surface area (Å²) in [6.07, 6.45) is 9.58. The summed E-state index contributed by atoms with van der Waals surface area (Å²) in [4.78, 5) is 5.23. The van der Waals surface area contributed by atoms with Crippen molar-refractivity contribution in [2.75, 3.05) is 13.2 Å². The number of hydrogen-bond donors (Lipinski definition) is 0. The van der Waals surface area contributed by atoms with Crippen molar-refractivity contribution in [3.05, 3.63) is 34.3 Å². The predicted molar refractivity (Wildman–Crippen MR) is 115 cm³/mol. The largest absolute Gasteiger partial charge is 0.350 e. The molecule has 1 heterocycles. The summed E-state index contributed by atoms with van der Waals surface area (Å²) in [5.41, 5.74) is 2.61. The highest BCUT2D eigenvalue weighted by Crippen LogP contribution is 2.37. The molecular formula is C23H34BrNO2. The SMILES string of the molecule is CCC1(CCC(=NC2CCCCC2)c2ccc(Br)cc2)COC(C)(C)OC1. The first-order chi connectivity index (χ1) is 12.9. The summed E-state index contributed by atoms with van der Waals surface area (Å²) in [6.45, 7) is 7.80. The minimum Gasteiger partial charge on any atom is -0.350 e. The molecule has 27 heavy (non-hydrogen) atoms. The fraction of sp³-hybridized carbons (Fsp3) is 0.696. The molecule has 2 aliphatic rings. The molecule has 0 bridgehead atoms. The highest BCUT2D eigenvalue weighted by molar-refractivity contribution is 9.10. The molecule has 0 spiro atoms. The number of aliphatic imine (C=N–C) groups is 1. The van der Waals surface area contributed by atoms with E-state index in [0.29, 0.717) is 6.04 Å². The van der Waals surface area contributed by atoms with Gasteiger partial charge in [0, 0.05) is 15.6 Å². The number of nitrogens with zero attached hydrogens (tertiary/aromatic N) is 1. The lowest BCUT2D eigenvalue weighted by molar-refractivity contribution is -0.286. The Morgan fingerprint density at radius 3 is 2.30 bits per heavy atom. The molecule has 0 aromatic heterocycles.